The lowest BCUT2D eigenvalue weighted by molar-refractivity contribution is 0.415. The van der Waals surface area contributed by atoms with Gasteiger partial charge in [-0.1, -0.05) is 17.7 Å². The van der Waals surface area contributed by atoms with Crippen LogP contribution in [-0.2, 0) is 0 Å². The highest BCUT2D eigenvalue weighted by Gasteiger charge is 2.30. The number of hydrogen-bond acceptors (Lipinski definition) is 1. The Hall–Kier alpha value is -0.400. The van der Waals surface area contributed by atoms with E-state index in [4.69, 9.17) is 27.9 Å². The lowest BCUT2D eigenvalue weighted by atomic mass is 10.1. The van der Waals surface area contributed by atoms with Gasteiger partial charge in [0.05, 0.1) is 17.5 Å². The van der Waals surface area contributed by atoms with Crippen molar-refractivity contribution in [3.05, 3.63) is 28.8 Å². The molecule has 0 spiro atoms. The molecule has 1 unspecified atom stereocenters. The minimum Gasteiger partial charge on any atom is -0.495 e. The van der Waals surface area contributed by atoms with Gasteiger partial charge >= 0.3 is 0 Å². The zero-order valence-electron chi connectivity index (χ0n) is 7.97. The number of alkyl halides is 1. The van der Waals surface area contributed by atoms with Crippen LogP contribution in [0.25, 0.3) is 0 Å². The van der Waals surface area contributed by atoms with Crippen LogP contribution < -0.4 is 4.74 Å². The highest BCUT2D eigenvalue weighted by atomic mass is 35.5. The van der Waals surface area contributed by atoms with Gasteiger partial charge in [0.2, 0.25) is 0 Å². The standard InChI is InChI=1S/C11H12Cl2O/c1-14-10-5-4-8(6-9(10)12)11(13)7-2-3-7/h4-7,11H,2-3H2,1H3. The van der Waals surface area contributed by atoms with Gasteiger partial charge < -0.3 is 4.74 Å². The topological polar surface area (TPSA) is 9.23 Å². The van der Waals surface area contributed by atoms with Crippen LogP contribution in [0.2, 0.25) is 5.02 Å². The molecule has 0 amide bonds. The Kier molecular flexibility index (Phi) is 2.89. The molecule has 1 aliphatic carbocycles. The maximum Gasteiger partial charge on any atom is 0.137 e. The first-order valence-corrected chi connectivity index (χ1v) is 5.51. The summed E-state index contributed by atoms with van der Waals surface area (Å²) in [5.74, 6) is 1.34. The fourth-order valence-corrected chi connectivity index (χ4v) is 2.17. The summed E-state index contributed by atoms with van der Waals surface area (Å²) < 4.78 is 5.08. The van der Waals surface area contributed by atoms with Gasteiger partial charge in [-0.3, -0.25) is 0 Å². The van der Waals surface area contributed by atoms with E-state index in [0.717, 1.165) is 5.56 Å². The van der Waals surface area contributed by atoms with E-state index in [9.17, 15) is 0 Å². The number of ether oxygens (including phenoxy) is 1. The molecule has 0 saturated heterocycles. The molecule has 1 aliphatic rings. The van der Waals surface area contributed by atoms with Gasteiger partial charge in [-0.15, -0.1) is 11.6 Å². The molecule has 0 radical (unpaired) electrons. The van der Waals surface area contributed by atoms with E-state index < -0.39 is 0 Å². The van der Waals surface area contributed by atoms with Crippen LogP contribution in [0.15, 0.2) is 18.2 Å². The summed E-state index contributed by atoms with van der Waals surface area (Å²) in [5.41, 5.74) is 1.10. The van der Waals surface area contributed by atoms with E-state index in [1.54, 1.807) is 7.11 Å². The number of rotatable bonds is 3. The third-order valence-corrected chi connectivity index (χ3v) is 3.43. The van der Waals surface area contributed by atoms with Crippen LogP contribution in [0, 0.1) is 5.92 Å². The van der Waals surface area contributed by atoms with Crippen molar-refractivity contribution in [3.63, 3.8) is 0 Å². The van der Waals surface area contributed by atoms with Crippen molar-refractivity contribution in [3.8, 4) is 5.75 Å². The quantitative estimate of drug-likeness (QED) is 0.713. The van der Waals surface area contributed by atoms with E-state index in [0.29, 0.717) is 16.7 Å². The summed E-state index contributed by atoms with van der Waals surface area (Å²) in [5, 5.41) is 0.745. The van der Waals surface area contributed by atoms with Crippen molar-refractivity contribution in [1.82, 2.24) is 0 Å². The zero-order chi connectivity index (χ0) is 10.1. The summed E-state index contributed by atoms with van der Waals surface area (Å²) in [4.78, 5) is 0. The molecule has 14 heavy (non-hydrogen) atoms. The molecular formula is C11H12Cl2O. The SMILES string of the molecule is COc1ccc(C(Cl)C2CC2)cc1Cl. The van der Waals surface area contributed by atoms with Crippen LogP contribution in [0.4, 0.5) is 0 Å². The van der Waals surface area contributed by atoms with Gasteiger partial charge in [0.25, 0.3) is 0 Å². The second-order valence-corrected chi connectivity index (χ2v) is 4.51. The van der Waals surface area contributed by atoms with Gasteiger partial charge in [0.1, 0.15) is 5.75 Å². The van der Waals surface area contributed by atoms with Crippen LogP contribution in [0.5, 0.6) is 5.75 Å². The molecule has 0 bridgehead atoms. The number of halogens is 2. The largest absolute Gasteiger partial charge is 0.495 e. The molecule has 1 nitrogen and oxygen atoms in total. The molecule has 0 aliphatic heterocycles. The monoisotopic (exact) mass is 230 g/mol. The van der Waals surface area contributed by atoms with E-state index in [1.165, 1.54) is 12.8 Å². The van der Waals surface area contributed by atoms with Crippen LogP contribution in [0.1, 0.15) is 23.8 Å². The fraction of sp³-hybridized carbons (Fsp3) is 0.455. The third kappa shape index (κ3) is 1.99. The van der Waals surface area contributed by atoms with Crippen molar-refractivity contribution in [2.24, 2.45) is 5.92 Å². The lowest BCUT2D eigenvalue weighted by Gasteiger charge is -2.10. The minimum atomic E-state index is 0.110. The van der Waals surface area contributed by atoms with Crippen molar-refractivity contribution < 1.29 is 4.74 Å². The Morgan fingerprint density at radius 1 is 1.43 bits per heavy atom. The molecule has 1 saturated carbocycles. The highest BCUT2D eigenvalue weighted by molar-refractivity contribution is 6.32. The maximum absolute atomic E-state index is 6.27. The summed E-state index contributed by atoms with van der Waals surface area (Å²) >= 11 is 12.3. The molecule has 1 atom stereocenters. The Bertz CT molecular complexity index is 334. The Morgan fingerprint density at radius 2 is 2.14 bits per heavy atom. The van der Waals surface area contributed by atoms with E-state index in [1.807, 2.05) is 18.2 Å². The smallest absolute Gasteiger partial charge is 0.137 e. The van der Waals surface area contributed by atoms with E-state index in [-0.39, 0.29) is 5.38 Å². The van der Waals surface area contributed by atoms with Crippen molar-refractivity contribution in [2.45, 2.75) is 18.2 Å². The fourth-order valence-electron chi connectivity index (χ4n) is 1.52. The lowest BCUT2D eigenvalue weighted by Crippen LogP contribution is -1.93. The van der Waals surface area contributed by atoms with Crippen molar-refractivity contribution in [2.75, 3.05) is 7.11 Å². The van der Waals surface area contributed by atoms with Gasteiger partial charge in [0, 0.05) is 0 Å². The van der Waals surface area contributed by atoms with E-state index in [2.05, 4.69) is 0 Å². The normalized spacial score (nSPS) is 17.9. The number of hydrogen-bond donors (Lipinski definition) is 0. The summed E-state index contributed by atoms with van der Waals surface area (Å²) in [6.07, 6.45) is 2.47. The van der Waals surface area contributed by atoms with Crippen molar-refractivity contribution in [1.29, 1.82) is 0 Å². The molecule has 0 N–H and O–H groups in total. The molecule has 0 heterocycles. The molecule has 76 valence electrons. The van der Waals surface area contributed by atoms with Gasteiger partial charge in [-0.25, -0.2) is 0 Å². The molecule has 1 aromatic carbocycles. The second kappa shape index (κ2) is 4.00. The first-order chi connectivity index (χ1) is 6.72. The van der Waals surface area contributed by atoms with Gasteiger partial charge in [-0.2, -0.15) is 0 Å². The average Bonchev–Trinajstić information content (AvgIpc) is 3.00. The molecular weight excluding hydrogens is 219 g/mol. The zero-order valence-corrected chi connectivity index (χ0v) is 9.48. The minimum absolute atomic E-state index is 0.110. The maximum atomic E-state index is 6.27. The van der Waals surface area contributed by atoms with Crippen LogP contribution >= 0.6 is 23.2 Å². The first kappa shape index (κ1) is 10.1. The first-order valence-electron chi connectivity index (χ1n) is 4.70. The number of methoxy groups -OCH3 is 1. The van der Waals surface area contributed by atoms with Gasteiger partial charge in [-0.05, 0) is 36.5 Å². The molecule has 1 fully saturated rings. The second-order valence-electron chi connectivity index (χ2n) is 3.63. The number of benzene rings is 1. The Labute approximate surface area is 94.0 Å². The molecule has 0 aromatic heterocycles. The van der Waals surface area contributed by atoms with Crippen LogP contribution in [0.3, 0.4) is 0 Å². The van der Waals surface area contributed by atoms with Gasteiger partial charge in [0.15, 0.2) is 0 Å². The van der Waals surface area contributed by atoms with Crippen LogP contribution in [-0.4, -0.2) is 7.11 Å². The molecule has 3 heteroatoms. The molecule has 2 rings (SSSR count). The predicted molar refractivity (Wildman–Crippen MR) is 59.3 cm³/mol. The predicted octanol–water partition coefficient (Wildman–Crippen LogP) is 4.04. The highest BCUT2D eigenvalue weighted by Crippen LogP contribution is 2.46. The van der Waals surface area contributed by atoms with Crippen molar-refractivity contribution >= 4 is 23.2 Å². The summed E-state index contributed by atoms with van der Waals surface area (Å²) in [7, 11) is 1.61. The third-order valence-electron chi connectivity index (χ3n) is 2.53. The summed E-state index contributed by atoms with van der Waals surface area (Å²) in [6, 6.07) is 5.76. The Balaban J connectivity index is 2.22. The molecule has 1 aromatic rings. The summed E-state index contributed by atoms with van der Waals surface area (Å²) in [6.45, 7) is 0. The van der Waals surface area contributed by atoms with E-state index >= 15 is 0 Å². The Morgan fingerprint density at radius 3 is 2.64 bits per heavy atom. The average molecular weight is 231 g/mol.